The molecule has 0 amide bonds. The summed E-state index contributed by atoms with van der Waals surface area (Å²) in [5, 5.41) is 7.24. The summed E-state index contributed by atoms with van der Waals surface area (Å²) in [5.74, 6) is 3.12. The summed E-state index contributed by atoms with van der Waals surface area (Å²) in [7, 11) is 0. The maximum atomic E-state index is 5.61. The molecule has 3 fully saturated rings. The lowest BCUT2D eigenvalue weighted by molar-refractivity contribution is 0.0793. The first-order valence-corrected chi connectivity index (χ1v) is 13.2. The molecule has 3 rings (SSSR count). The van der Waals surface area contributed by atoms with Gasteiger partial charge in [-0.05, 0) is 57.1 Å². The van der Waals surface area contributed by atoms with Gasteiger partial charge in [0.05, 0.1) is 6.54 Å². The number of likely N-dealkylation sites (tertiary alicyclic amines) is 1. The molecule has 2 aliphatic heterocycles. The van der Waals surface area contributed by atoms with Gasteiger partial charge in [-0.15, -0.1) is 0 Å². The predicted molar refractivity (Wildman–Crippen MR) is 126 cm³/mol. The average Bonchev–Trinajstić information content (AvgIpc) is 2.75. The first-order valence-electron chi connectivity index (χ1n) is 12.2. The standard InChI is InChI=1S/C23H44N4OS/c1-3-24-22(25-19-23(29-4-2)12-16-28-17-13-23)26-21-10-14-27(15-11-21)18-20-8-6-5-7-9-20/h20-21H,3-19H2,1-2H3,(H2,24,25,26). The van der Waals surface area contributed by atoms with E-state index in [1.807, 2.05) is 0 Å². The third-order valence-corrected chi connectivity index (χ3v) is 8.33. The number of hydrogen-bond acceptors (Lipinski definition) is 4. The van der Waals surface area contributed by atoms with E-state index in [2.05, 4.69) is 41.1 Å². The van der Waals surface area contributed by atoms with E-state index < -0.39 is 0 Å². The summed E-state index contributed by atoms with van der Waals surface area (Å²) < 4.78 is 5.88. The zero-order chi connectivity index (χ0) is 20.4. The number of ether oxygens (including phenoxy) is 1. The van der Waals surface area contributed by atoms with Crippen LogP contribution < -0.4 is 10.6 Å². The largest absolute Gasteiger partial charge is 0.381 e. The number of rotatable bonds is 8. The van der Waals surface area contributed by atoms with E-state index >= 15 is 0 Å². The SMILES string of the molecule is CCNC(=NCC1(SCC)CCOCC1)NC1CCN(CC2CCCCC2)CC1. The Kier molecular flexibility index (Phi) is 9.93. The van der Waals surface area contributed by atoms with E-state index in [-0.39, 0.29) is 4.75 Å². The quantitative estimate of drug-likeness (QED) is 0.457. The Morgan fingerprint density at radius 2 is 1.79 bits per heavy atom. The van der Waals surface area contributed by atoms with Crippen molar-refractivity contribution in [3.05, 3.63) is 0 Å². The van der Waals surface area contributed by atoms with Crippen molar-refractivity contribution in [2.45, 2.75) is 82.4 Å². The molecular formula is C23H44N4OS. The number of piperidine rings is 1. The highest BCUT2D eigenvalue weighted by Gasteiger charge is 2.32. The van der Waals surface area contributed by atoms with Gasteiger partial charge in [-0.25, -0.2) is 0 Å². The molecule has 2 heterocycles. The van der Waals surface area contributed by atoms with Crippen molar-refractivity contribution >= 4 is 17.7 Å². The number of hydrogen-bond donors (Lipinski definition) is 2. The Hall–Kier alpha value is -0.460. The van der Waals surface area contributed by atoms with E-state index in [1.54, 1.807) is 0 Å². The Bertz CT molecular complexity index is 476. The molecule has 6 heteroatoms. The molecule has 168 valence electrons. The van der Waals surface area contributed by atoms with Crippen LogP contribution in [0.25, 0.3) is 0 Å². The van der Waals surface area contributed by atoms with Crippen molar-refractivity contribution in [2.24, 2.45) is 10.9 Å². The van der Waals surface area contributed by atoms with E-state index in [0.29, 0.717) is 6.04 Å². The van der Waals surface area contributed by atoms with E-state index in [0.717, 1.165) is 56.8 Å². The first-order chi connectivity index (χ1) is 14.2. The van der Waals surface area contributed by atoms with Crippen LogP contribution >= 0.6 is 11.8 Å². The molecule has 3 aliphatic rings. The van der Waals surface area contributed by atoms with Crippen LogP contribution in [0.2, 0.25) is 0 Å². The number of guanidine groups is 1. The minimum atomic E-state index is 0.263. The van der Waals surface area contributed by atoms with Crippen molar-refractivity contribution in [2.75, 3.05) is 51.7 Å². The number of aliphatic imine (C=N–C) groups is 1. The molecule has 0 atom stereocenters. The van der Waals surface area contributed by atoms with E-state index in [9.17, 15) is 0 Å². The lowest BCUT2D eigenvalue weighted by Gasteiger charge is -2.37. The van der Waals surface area contributed by atoms with Crippen molar-refractivity contribution < 1.29 is 4.74 Å². The summed E-state index contributed by atoms with van der Waals surface area (Å²) >= 11 is 2.07. The van der Waals surface area contributed by atoms with Crippen molar-refractivity contribution in [1.29, 1.82) is 0 Å². The van der Waals surface area contributed by atoms with Gasteiger partial charge >= 0.3 is 0 Å². The highest BCUT2D eigenvalue weighted by molar-refractivity contribution is 8.00. The maximum Gasteiger partial charge on any atom is 0.191 e. The van der Waals surface area contributed by atoms with Gasteiger partial charge in [0.15, 0.2) is 5.96 Å². The average molecular weight is 425 g/mol. The van der Waals surface area contributed by atoms with Crippen LogP contribution in [-0.2, 0) is 4.74 Å². The Labute approximate surface area is 183 Å². The topological polar surface area (TPSA) is 48.9 Å². The second kappa shape index (κ2) is 12.4. The molecule has 0 unspecified atom stereocenters. The van der Waals surface area contributed by atoms with Crippen LogP contribution in [-0.4, -0.2) is 73.3 Å². The summed E-state index contributed by atoms with van der Waals surface area (Å²) in [6.07, 6.45) is 12.0. The van der Waals surface area contributed by atoms with Crippen LogP contribution in [0.4, 0.5) is 0 Å². The van der Waals surface area contributed by atoms with Gasteiger partial charge in [-0.1, -0.05) is 26.2 Å². The summed E-state index contributed by atoms with van der Waals surface area (Å²) in [5.41, 5.74) is 0. The molecule has 0 spiro atoms. The molecule has 1 aliphatic carbocycles. The van der Waals surface area contributed by atoms with Gasteiger partial charge < -0.3 is 20.3 Å². The summed E-state index contributed by atoms with van der Waals surface area (Å²) in [4.78, 5) is 7.75. The molecule has 1 saturated carbocycles. The van der Waals surface area contributed by atoms with Gasteiger partial charge in [-0.3, -0.25) is 4.99 Å². The molecular weight excluding hydrogens is 380 g/mol. The van der Waals surface area contributed by atoms with Crippen LogP contribution in [0.5, 0.6) is 0 Å². The lowest BCUT2D eigenvalue weighted by Crippen LogP contribution is -2.50. The molecule has 5 nitrogen and oxygen atoms in total. The number of nitrogens with one attached hydrogen (secondary N) is 2. The zero-order valence-corrected chi connectivity index (χ0v) is 19.7. The van der Waals surface area contributed by atoms with Gasteiger partial charge in [0.2, 0.25) is 0 Å². The number of thioether (sulfide) groups is 1. The lowest BCUT2D eigenvalue weighted by atomic mass is 9.88. The van der Waals surface area contributed by atoms with Gasteiger partial charge in [0.1, 0.15) is 0 Å². The Morgan fingerprint density at radius 3 is 2.45 bits per heavy atom. The molecule has 0 radical (unpaired) electrons. The van der Waals surface area contributed by atoms with Crippen LogP contribution in [0.15, 0.2) is 4.99 Å². The second-order valence-electron chi connectivity index (χ2n) is 9.15. The second-order valence-corrected chi connectivity index (χ2v) is 10.9. The van der Waals surface area contributed by atoms with Crippen molar-refractivity contribution in [1.82, 2.24) is 15.5 Å². The minimum absolute atomic E-state index is 0.263. The number of nitrogens with zero attached hydrogens (tertiary/aromatic N) is 2. The Morgan fingerprint density at radius 1 is 1.07 bits per heavy atom. The predicted octanol–water partition coefficient (Wildman–Crippen LogP) is 3.89. The minimum Gasteiger partial charge on any atom is -0.381 e. The zero-order valence-electron chi connectivity index (χ0n) is 18.9. The fraction of sp³-hybridized carbons (Fsp3) is 0.957. The fourth-order valence-corrected chi connectivity index (χ4v) is 6.35. The molecule has 2 saturated heterocycles. The highest BCUT2D eigenvalue weighted by Crippen LogP contribution is 2.35. The molecule has 2 N–H and O–H groups in total. The third-order valence-electron chi connectivity index (χ3n) is 6.89. The molecule has 0 bridgehead atoms. The molecule has 0 aromatic carbocycles. The van der Waals surface area contributed by atoms with Crippen molar-refractivity contribution in [3.63, 3.8) is 0 Å². The molecule has 0 aromatic rings. The first kappa shape index (κ1) is 23.2. The Balaban J connectivity index is 1.46. The van der Waals surface area contributed by atoms with Crippen molar-refractivity contribution in [3.8, 4) is 0 Å². The fourth-order valence-electron chi connectivity index (χ4n) is 5.13. The van der Waals surface area contributed by atoms with Gasteiger partial charge in [0.25, 0.3) is 0 Å². The monoisotopic (exact) mass is 424 g/mol. The maximum absolute atomic E-state index is 5.61. The van der Waals surface area contributed by atoms with Gasteiger partial charge in [0, 0.05) is 50.2 Å². The molecule has 29 heavy (non-hydrogen) atoms. The summed E-state index contributed by atoms with van der Waals surface area (Å²) in [6, 6.07) is 0.555. The third kappa shape index (κ3) is 7.62. The van der Waals surface area contributed by atoms with Crippen LogP contribution in [0, 0.1) is 5.92 Å². The van der Waals surface area contributed by atoms with Crippen LogP contribution in [0.3, 0.4) is 0 Å². The van der Waals surface area contributed by atoms with Crippen LogP contribution in [0.1, 0.15) is 71.6 Å². The normalized spacial score (nSPS) is 25.1. The van der Waals surface area contributed by atoms with E-state index in [4.69, 9.17) is 9.73 Å². The highest BCUT2D eigenvalue weighted by atomic mass is 32.2. The van der Waals surface area contributed by atoms with E-state index in [1.165, 1.54) is 64.6 Å². The molecule has 0 aromatic heterocycles. The smallest absolute Gasteiger partial charge is 0.191 e. The van der Waals surface area contributed by atoms with Gasteiger partial charge in [-0.2, -0.15) is 11.8 Å². The summed E-state index contributed by atoms with van der Waals surface area (Å²) in [6.45, 7) is 11.8.